The highest BCUT2D eigenvalue weighted by atomic mass is 35.5. The first-order valence-electron chi connectivity index (χ1n) is 13.7. The molecule has 0 radical (unpaired) electrons. The molecule has 1 aliphatic carbocycles. The van der Waals surface area contributed by atoms with Gasteiger partial charge in [0.2, 0.25) is 11.8 Å². The highest BCUT2D eigenvalue weighted by Crippen LogP contribution is 2.42. The topological polar surface area (TPSA) is 86.8 Å². The van der Waals surface area contributed by atoms with Crippen molar-refractivity contribution >= 4 is 61.5 Å². The Morgan fingerprint density at radius 2 is 1.77 bits per heavy atom. The average Bonchev–Trinajstić information content (AvgIpc) is 3.16. The van der Waals surface area contributed by atoms with E-state index in [9.17, 15) is 18.0 Å². The second-order valence-corrected chi connectivity index (χ2v) is 13.3. The van der Waals surface area contributed by atoms with Gasteiger partial charge in [-0.05, 0) is 61.4 Å². The maximum absolute atomic E-state index is 13.6. The van der Waals surface area contributed by atoms with Crippen LogP contribution >= 0.6 is 23.2 Å². The molecule has 0 spiro atoms. The van der Waals surface area contributed by atoms with Gasteiger partial charge in [-0.2, -0.15) is 0 Å². The van der Waals surface area contributed by atoms with Gasteiger partial charge in [0.25, 0.3) is 10.0 Å². The lowest BCUT2D eigenvalue weighted by Gasteiger charge is -2.31. The average molecular weight is 603 g/mol. The molecule has 3 aromatic rings. The number of sulfonamides is 1. The van der Waals surface area contributed by atoms with E-state index in [-0.39, 0.29) is 37.4 Å². The maximum atomic E-state index is 13.6. The molecule has 3 aromatic carbocycles. The number of anilines is 1. The second kappa shape index (κ2) is 12.0. The quantitative estimate of drug-likeness (QED) is 0.312. The SMILES string of the molecule is C[C@H](C(=O)NC1CCCCC1)N(Cc1ccc(Cl)cc1Cl)C(=O)CCCN1c2cccc3cccc(c23)S1(=O)=O. The van der Waals surface area contributed by atoms with Crippen molar-refractivity contribution in [2.45, 2.75) is 75.4 Å². The molecule has 1 N–H and O–H groups in total. The summed E-state index contributed by atoms with van der Waals surface area (Å²) in [6.45, 7) is 2.02. The van der Waals surface area contributed by atoms with E-state index in [1.54, 1.807) is 43.3 Å². The van der Waals surface area contributed by atoms with Crippen molar-refractivity contribution in [3.8, 4) is 0 Å². The van der Waals surface area contributed by atoms with Gasteiger partial charge in [-0.1, -0.05) is 72.8 Å². The number of halogens is 2. The molecular formula is C30H33Cl2N3O4S. The number of rotatable bonds is 9. The molecule has 1 aliphatic heterocycles. The molecule has 40 heavy (non-hydrogen) atoms. The summed E-state index contributed by atoms with van der Waals surface area (Å²) in [6, 6.07) is 15.2. The molecule has 0 bridgehead atoms. The number of hydrogen-bond acceptors (Lipinski definition) is 4. The van der Waals surface area contributed by atoms with Crippen LogP contribution in [0.2, 0.25) is 10.0 Å². The minimum Gasteiger partial charge on any atom is -0.352 e. The first-order chi connectivity index (χ1) is 19.2. The smallest absolute Gasteiger partial charge is 0.265 e. The number of amides is 2. The van der Waals surface area contributed by atoms with Crippen molar-refractivity contribution in [3.63, 3.8) is 0 Å². The van der Waals surface area contributed by atoms with Crippen molar-refractivity contribution in [3.05, 3.63) is 70.2 Å². The third-order valence-corrected chi connectivity index (χ3v) is 10.4. The van der Waals surface area contributed by atoms with Crippen LogP contribution in [0.15, 0.2) is 59.5 Å². The van der Waals surface area contributed by atoms with Gasteiger partial charge in [0.1, 0.15) is 6.04 Å². The Hall–Kier alpha value is -2.81. The summed E-state index contributed by atoms with van der Waals surface area (Å²) in [7, 11) is -3.71. The van der Waals surface area contributed by atoms with Crippen LogP contribution in [-0.4, -0.2) is 43.8 Å². The van der Waals surface area contributed by atoms with Gasteiger partial charge in [-0.3, -0.25) is 13.9 Å². The van der Waals surface area contributed by atoms with Gasteiger partial charge < -0.3 is 10.2 Å². The van der Waals surface area contributed by atoms with Gasteiger partial charge >= 0.3 is 0 Å². The van der Waals surface area contributed by atoms with E-state index in [0.717, 1.165) is 31.1 Å². The zero-order valence-electron chi connectivity index (χ0n) is 22.4. The number of benzene rings is 3. The number of carbonyl (C=O) groups excluding carboxylic acids is 2. The lowest BCUT2D eigenvalue weighted by atomic mass is 9.95. The van der Waals surface area contributed by atoms with Crippen LogP contribution in [0, 0.1) is 0 Å². The van der Waals surface area contributed by atoms with E-state index < -0.39 is 16.1 Å². The van der Waals surface area contributed by atoms with Crippen molar-refractivity contribution in [1.82, 2.24) is 10.2 Å². The molecule has 5 rings (SSSR count). The molecule has 1 heterocycles. The molecule has 7 nitrogen and oxygen atoms in total. The Morgan fingerprint density at radius 3 is 2.50 bits per heavy atom. The minimum atomic E-state index is -3.71. The molecule has 0 aromatic heterocycles. The fourth-order valence-electron chi connectivity index (χ4n) is 5.70. The van der Waals surface area contributed by atoms with Crippen LogP contribution in [0.5, 0.6) is 0 Å². The Bertz CT molecular complexity index is 1530. The monoisotopic (exact) mass is 601 g/mol. The number of hydrogen-bond donors (Lipinski definition) is 1. The van der Waals surface area contributed by atoms with Gasteiger partial charge in [0.15, 0.2) is 0 Å². The van der Waals surface area contributed by atoms with Crippen molar-refractivity contribution in [2.75, 3.05) is 10.8 Å². The molecule has 0 unspecified atom stereocenters. The fraction of sp³-hybridized carbons (Fsp3) is 0.400. The molecule has 1 saturated carbocycles. The third-order valence-electron chi connectivity index (χ3n) is 7.91. The van der Waals surface area contributed by atoms with Crippen LogP contribution in [0.3, 0.4) is 0 Å². The van der Waals surface area contributed by atoms with Crippen LogP contribution in [0.1, 0.15) is 57.4 Å². The molecule has 10 heteroatoms. The Labute approximate surface area is 245 Å². The Kier molecular flexibility index (Phi) is 8.59. The highest BCUT2D eigenvalue weighted by molar-refractivity contribution is 7.93. The summed E-state index contributed by atoms with van der Waals surface area (Å²) < 4.78 is 28.0. The summed E-state index contributed by atoms with van der Waals surface area (Å²) in [5.41, 5.74) is 1.31. The molecule has 1 fully saturated rings. The molecular weight excluding hydrogens is 569 g/mol. The van der Waals surface area contributed by atoms with Crippen molar-refractivity contribution in [1.29, 1.82) is 0 Å². The van der Waals surface area contributed by atoms with Gasteiger partial charge in [0.05, 0.1) is 10.6 Å². The van der Waals surface area contributed by atoms with E-state index in [2.05, 4.69) is 5.32 Å². The third kappa shape index (κ3) is 5.80. The van der Waals surface area contributed by atoms with E-state index in [0.29, 0.717) is 38.0 Å². The van der Waals surface area contributed by atoms with E-state index in [1.807, 2.05) is 18.2 Å². The van der Waals surface area contributed by atoms with E-state index in [4.69, 9.17) is 23.2 Å². The first-order valence-corrected chi connectivity index (χ1v) is 15.9. The van der Waals surface area contributed by atoms with Crippen LogP contribution < -0.4 is 9.62 Å². The lowest BCUT2D eigenvalue weighted by molar-refractivity contribution is -0.141. The van der Waals surface area contributed by atoms with Crippen LogP contribution in [0.4, 0.5) is 5.69 Å². The first kappa shape index (κ1) is 28.7. The van der Waals surface area contributed by atoms with Gasteiger partial charge in [0, 0.05) is 41.0 Å². The summed E-state index contributed by atoms with van der Waals surface area (Å²) >= 11 is 12.5. The largest absolute Gasteiger partial charge is 0.352 e. The Balaban J connectivity index is 1.31. The standard InChI is InChI=1S/C30H33Cl2N3O4S/c1-20(30(37)33-24-10-3-2-4-11-24)34(19-22-15-16-23(31)18-25(22)32)28(36)14-7-17-35-26-12-5-8-21-9-6-13-27(29(21)26)40(35,38)39/h5-6,8-9,12-13,15-16,18,20,24H,2-4,7,10-11,14,17,19H2,1H3,(H,33,37)/t20-/m1/s1. The zero-order valence-corrected chi connectivity index (χ0v) is 24.7. The maximum Gasteiger partial charge on any atom is 0.265 e. The molecule has 1 atom stereocenters. The minimum absolute atomic E-state index is 0.0740. The summed E-state index contributed by atoms with van der Waals surface area (Å²) in [5, 5.41) is 5.60. The Morgan fingerprint density at radius 1 is 1.05 bits per heavy atom. The van der Waals surface area contributed by atoms with Crippen LogP contribution in [0.25, 0.3) is 10.8 Å². The van der Waals surface area contributed by atoms with Crippen LogP contribution in [-0.2, 0) is 26.2 Å². The number of carbonyl (C=O) groups is 2. The van der Waals surface area contributed by atoms with E-state index >= 15 is 0 Å². The lowest BCUT2D eigenvalue weighted by Crippen LogP contribution is -2.50. The number of nitrogens with one attached hydrogen (secondary N) is 1. The van der Waals surface area contributed by atoms with Crippen molar-refractivity contribution < 1.29 is 18.0 Å². The highest BCUT2D eigenvalue weighted by Gasteiger charge is 2.35. The predicted molar refractivity (Wildman–Crippen MR) is 159 cm³/mol. The molecule has 2 aliphatic rings. The van der Waals surface area contributed by atoms with Gasteiger partial charge in [-0.15, -0.1) is 0 Å². The second-order valence-electron chi connectivity index (χ2n) is 10.6. The predicted octanol–water partition coefficient (Wildman–Crippen LogP) is 6.30. The zero-order chi connectivity index (χ0) is 28.4. The summed E-state index contributed by atoms with van der Waals surface area (Å²) in [5.74, 6) is -0.445. The van der Waals surface area contributed by atoms with E-state index in [1.165, 1.54) is 15.6 Å². The fourth-order valence-corrected chi connectivity index (χ4v) is 7.92. The summed E-state index contributed by atoms with van der Waals surface area (Å²) in [6.07, 6.45) is 5.59. The molecule has 0 saturated heterocycles. The normalized spacial score (nSPS) is 17.1. The molecule has 2 amide bonds. The van der Waals surface area contributed by atoms with Crippen molar-refractivity contribution in [2.24, 2.45) is 0 Å². The molecule has 212 valence electrons. The summed E-state index contributed by atoms with van der Waals surface area (Å²) in [4.78, 5) is 28.7. The number of nitrogens with zero attached hydrogens (tertiary/aromatic N) is 2. The van der Waals surface area contributed by atoms with Gasteiger partial charge in [-0.25, -0.2) is 8.42 Å².